The minimum atomic E-state index is -0.386. The second-order valence-electron chi connectivity index (χ2n) is 5.82. The maximum atomic E-state index is 11.8. The highest BCUT2D eigenvalue weighted by Crippen LogP contribution is 2.32. The van der Waals surface area contributed by atoms with Gasteiger partial charge in [0.1, 0.15) is 6.61 Å². The van der Waals surface area contributed by atoms with E-state index in [1.165, 1.54) is 0 Å². The highest BCUT2D eigenvalue weighted by molar-refractivity contribution is 6.43. The molecule has 1 amide bonds. The van der Waals surface area contributed by atoms with E-state index in [1.807, 2.05) is 42.5 Å². The van der Waals surface area contributed by atoms with E-state index in [9.17, 15) is 4.79 Å². The van der Waals surface area contributed by atoms with Crippen LogP contribution in [0.3, 0.4) is 0 Å². The maximum absolute atomic E-state index is 11.8. The molecule has 126 valence electrons. The topological polar surface area (TPSA) is 50.4 Å². The van der Waals surface area contributed by atoms with E-state index in [2.05, 4.69) is 10.6 Å². The molecule has 1 fully saturated rings. The summed E-state index contributed by atoms with van der Waals surface area (Å²) in [6.07, 6.45) is 1.26. The molecule has 3 rings (SSSR count). The Hall–Kier alpha value is -1.91. The second-order valence-corrected chi connectivity index (χ2v) is 6.60. The van der Waals surface area contributed by atoms with Crippen LogP contribution in [0.15, 0.2) is 48.5 Å². The molecule has 1 saturated carbocycles. The summed E-state index contributed by atoms with van der Waals surface area (Å²) in [4.78, 5) is 11.8. The molecule has 4 nitrogen and oxygen atoms in total. The van der Waals surface area contributed by atoms with Crippen LogP contribution in [0.4, 0.5) is 10.5 Å². The van der Waals surface area contributed by atoms with E-state index >= 15 is 0 Å². The molecule has 2 aromatic carbocycles. The molecule has 0 spiro atoms. The minimum Gasteiger partial charge on any atom is -0.445 e. The van der Waals surface area contributed by atoms with Crippen LogP contribution >= 0.6 is 23.2 Å². The molecule has 0 saturated heterocycles. The first-order valence-corrected chi connectivity index (χ1v) is 8.55. The van der Waals surface area contributed by atoms with Gasteiger partial charge >= 0.3 is 6.09 Å². The molecule has 0 aliphatic heterocycles. The molecule has 2 N–H and O–H groups in total. The lowest BCUT2D eigenvalue weighted by atomic mass is 9.86. The Bertz CT molecular complexity index is 703. The third kappa shape index (κ3) is 4.34. The summed E-state index contributed by atoms with van der Waals surface area (Å²) in [7, 11) is 0. The zero-order valence-electron chi connectivity index (χ0n) is 13.0. The Morgan fingerprint density at radius 2 is 1.79 bits per heavy atom. The summed E-state index contributed by atoms with van der Waals surface area (Å²) in [6.45, 7) is 0.277. The monoisotopic (exact) mass is 364 g/mol. The van der Waals surface area contributed by atoms with Gasteiger partial charge in [-0.05, 0) is 30.5 Å². The van der Waals surface area contributed by atoms with Gasteiger partial charge in [0.15, 0.2) is 0 Å². The van der Waals surface area contributed by atoms with Crippen LogP contribution in [0.2, 0.25) is 10.0 Å². The fourth-order valence-corrected chi connectivity index (χ4v) is 2.98. The molecule has 1 aliphatic carbocycles. The average Bonchev–Trinajstić information content (AvgIpc) is 2.56. The molecule has 0 radical (unpaired) electrons. The molecular formula is C18H18Cl2N2O2. The number of hydrogen-bond acceptors (Lipinski definition) is 3. The number of anilines is 1. The highest BCUT2D eigenvalue weighted by atomic mass is 35.5. The van der Waals surface area contributed by atoms with Crippen molar-refractivity contribution in [3.8, 4) is 0 Å². The third-order valence-electron chi connectivity index (χ3n) is 3.98. The van der Waals surface area contributed by atoms with E-state index in [1.54, 1.807) is 6.07 Å². The Morgan fingerprint density at radius 3 is 2.54 bits per heavy atom. The van der Waals surface area contributed by atoms with Crippen molar-refractivity contribution in [1.82, 2.24) is 5.32 Å². The molecule has 0 unspecified atom stereocenters. The normalized spacial score (nSPS) is 19.2. The number of carbonyl (C=O) groups is 1. The van der Waals surface area contributed by atoms with E-state index in [0.717, 1.165) is 24.1 Å². The van der Waals surface area contributed by atoms with Gasteiger partial charge in [-0.2, -0.15) is 0 Å². The molecule has 24 heavy (non-hydrogen) atoms. The van der Waals surface area contributed by atoms with Crippen molar-refractivity contribution in [3.63, 3.8) is 0 Å². The number of benzene rings is 2. The van der Waals surface area contributed by atoms with Gasteiger partial charge in [0.25, 0.3) is 0 Å². The van der Waals surface area contributed by atoms with Crippen molar-refractivity contribution in [2.24, 2.45) is 0 Å². The predicted octanol–water partition coefficient (Wildman–Crippen LogP) is 4.86. The molecule has 1 aliphatic rings. The Kier molecular flexibility index (Phi) is 5.48. The maximum Gasteiger partial charge on any atom is 0.407 e. The zero-order chi connectivity index (χ0) is 16.9. The zero-order valence-corrected chi connectivity index (χ0v) is 14.5. The summed E-state index contributed by atoms with van der Waals surface area (Å²) >= 11 is 12.2. The van der Waals surface area contributed by atoms with Gasteiger partial charge in [-0.15, -0.1) is 0 Å². The first-order valence-electron chi connectivity index (χ1n) is 7.79. The van der Waals surface area contributed by atoms with Crippen LogP contribution < -0.4 is 10.6 Å². The molecule has 0 aromatic heterocycles. The second kappa shape index (κ2) is 7.77. The Labute approximate surface area is 151 Å². The molecule has 2 aromatic rings. The first kappa shape index (κ1) is 16.9. The van der Waals surface area contributed by atoms with Gasteiger partial charge in [0.2, 0.25) is 0 Å². The van der Waals surface area contributed by atoms with Crippen LogP contribution in [-0.2, 0) is 11.3 Å². The number of hydrogen-bond donors (Lipinski definition) is 2. The van der Waals surface area contributed by atoms with Gasteiger partial charge in [-0.25, -0.2) is 4.79 Å². The van der Waals surface area contributed by atoms with Gasteiger partial charge in [0.05, 0.1) is 15.7 Å². The van der Waals surface area contributed by atoms with Gasteiger partial charge in [-0.1, -0.05) is 59.6 Å². The lowest BCUT2D eigenvalue weighted by Crippen LogP contribution is -2.49. The van der Waals surface area contributed by atoms with Crippen molar-refractivity contribution in [1.29, 1.82) is 0 Å². The van der Waals surface area contributed by atoms with Gasteiger partial charge < -0.3 is 15.4 Å². The SMILES string of the molecule is O=C(NC1CC(Nc2cccc(Cl)c2Cl)C1)OCc1ccccc1. The van der Waals surface area contributed by atoms with Crippen molar-refractivity contribution in [2.75, 3.05) is 5.32 Å². The number of rotatable bonds is 5. The fraction of sp³-hybridized carbons (Fsp3) is 0.278. The molecule has 6 heteroatoms. The fourth-order valence-electron chi connectivity index (χ4n) is 2.62. The number of carbonyl (C=O) groups excluding carboxylic acids is 1. The van der Waals surface area contributed by atoms with Crippen molar-refractivity contribution < 1.29 is 9.53 Å². The van der Waals surface area contributed by atoms with Crippen molar-refractivity contribution >= 4 is 35.0 Å². The molecule has 0 heterocycles. The summed E-state index contributed by atoms with van der Waals surface area (Å²) in [5.41, 5.74) is 1.79. The van der Waals surface area contributed by atoms with E-state index < -0.39 is 0 Å². The summed E-state index contributed by atoms with van der Waals surface area (Å²) in [5.74, 6) is 0. The highest BCUT2D eigenvalue weighted by Gasteiger charge is 2.31. The number of alkyl carbamates (subject to hydrolysis) is 1. The largest absolute Gasteiger partial charge is 0.445 e. The summed E-state index contributed by atoms with van der Waals surface area (Å²) in [6, 6.07) is 15.5. The Morgan fingerprint density at radius 1 is 1.04 bits per heavy atom. The first-order chi connectivity index (χ1) is 11.6. The lowest BCUT2D eigenvalue weighted by molar-refractivity contribution is 0.129. The van der Waals surface area contributed by atoms with Gasteiger partial charge in [0, 0.05) is 12.1 Å². The van der Waals surface area contributed by atoms with Gasteiger partial charge in [-0.3, -0.25) is 0 Å². The van der Waals surface area contributed by atoms with E-state index in [4.69, 9.17) is 27.9 Å². The summed E-state index contributed by atoms with van der Waals surface area (Å²) < 4.78 is 5.21. The smallest absolute Gasteiger partial charge is 0.407 e. The van der Waals surface area contributed by atoms with Crippen LogP contribution in [0.5, 0.6) is 0 Å². The standard InChI is InChI=1S/C18H18Cl2N2O2/c19-15-7-4-8-16(17(15)20)21-13-9-14(10-13)22-18(23)24-11-12-5-2-1-3-6-12/h1-8,13-14,21H,9-11H2,(H,22,23). The Balaban J connectivity index is 1.39. The molecular weight excluding hydrogens is 347 g/mol. The number of nitrogens with one attached hydrogen (secondary N) is 2. The predicted molar refractivity (Wildman–Crippen MR) is 96.7 cm³/mol. The van der Waals surface area contributed by atoms with Crippen molar-refractivity contribution in [3.05, 3.63) is 64.1 Å². The number of ether oxygens (including phenoxy) is 1. The van der Waals surface area contributed by atoms with E-state index in [-0.39, 0.29) is 24.8 Å². The van der Waals surface area contributed by atoms with Crippen LogP contribution in [-0.4, -0.2) is 18.2 Å². The average molecular weight is 365 g/mol. The van der Waals surface area contributed by atoms with Crippen molar-refractivity contribution in [2.45, 2.75) is 31.5 Å². The third-order valence-corrected chi connectivity index (χ3v) is 4.80. The van der Waals surface area contributed by atoms with Crippen LogP contribution in [0.1, 0.15) is 18.4 Å². The van der Waals surface area contributed by atoms with Crippen LogP contribution in [0, 0.1) is 0 Å². The molecule has 0 bridgehead atoms. The number of amides is 1. The van der Waals surface area contributed by atoms with Crippen LogP contribution in [0.25, 0.3) is 0 Å². The quantitative estimate of drug-likeness (QED) is 0.795. The minimum absolute atomic E-state index is 0.115. The number of halogens is 2. The lowest BCUT2D eigenvalue weighted by Gasteiger charge is -2.36. The molecule has 0 atom stereocenters. The van der Waals surface area contributed by atoms with E-state index in [0.29, 0.717) is 10.0 Å². The summed E-state index contributed by atoms with van der Waals surface area (Å²) in [5, 5.41) is 7.26.